The van der Waals surface area contributed by atoms with E-state index in [2.05, 4.69) is 0 Å². The van der Waals surface area contributed by atoms with E-state index in [1.165, 1.54) is 18.2 Å². The molecule has 2 aromatic carbocycles. The summed E-state index contributed by atoms with van der Waals surface area (Å²) in [6.07, 6.45) is 0. The molecule has 0 heterocycles. The number of rotatable bonds is 5. The first-order valence-corrected chi connectivity index (χ1v) is 9.41. The fourth-order valence-corrected chi connectivity index (χ4v) is 4.11. The van der Waals surface area contributed by atoms with Crippen LogP contribution in [0.1, 0.15) is 11.1 Å². The highest BCUT2D eigenvalue weighted by Gasteiger charge is 2.28. The molecule has 1 amide bonds. The average Bonchev–Trinajstić information content (AvgIpc) is 2.57. The molecular formula is C16H17Cl2N3O3S. The Hall–Kier alpha value is -1.80. The molecular weight excluding hydrogens is 385 g/mol. The van der Waals surface area contributed by atoms with Crippen LogP contribution in [0.3, 0.4) is 0 Å². The van der Waals surface area contributed by atoms with Crippen molar-refractivity contribution in [3.8, 4) is 0 Å². The second-order valence-corrected chi connectivity index (χ2v) is 8.05. The van der Waals surface area contributed by atoms with Gasteiger partial charge in [0, 0.05) is 0 Å². The Labute approximate surface area is 156 Å². The maximum absolute atomic E-state index is 13.1. The highest BCUT2D eigenvalue weighted by molar-refractivity contribution is 7.92. The summed E-state index contributed by atoms with van der Waals surface area (Å²) in [6, 6.07) is 9.17. The minimum Gasteiger partial charge on any atom is -0.293 e. The van der Waals surface area contributed by atoms with Crippen LogP contribution in [0, 0.1) is 13.8 Å². The molecule has 2 rings (SSSR count). The van der Waals surface area contributed by atoms with Crippen LogP contribution in [0.15, 0.2) is 41.3 Å². The Bertz CT molecular complexity index is 917. The van der Waals surface area contributed by atoms with Crippen molar-refractivity contribution in [1.82, 2.24) is 5.43 Å². The van der Waals surface area contributed by atoms with Gasteiger partial charge in [-0.3, -0.25) is 14.5 Å². The van der Waals surface area contributed by atoms with Gasteiger partial charge in [0.1, 0.15) is 6.54 Å². The fourth-order valence-electron chi connectivity index (χ4n) is 2.25. The summed E-state index contributed by atoms with van der Waals surface area (Å²) in [5.74, 6) is 4.48. The number of anilines is 1. The Balaban J connectivity index is 2.63. The first kappa shape index (κ1) is 19.5. The number of halogens is 2. The van der Waals surface area contributed by atoms with Gasteiger partial charge in [-0.05, 0) is 49.2 Å². The predicted octanol–water partition coefficient (Wildman–Crippen LogP) is 2.80. The van der Waals surface area contributed by atoms with Gasteiger partial charge in [0.05, 0.1) is 20.6 Å². The van der Waals surface area contributed by atoms with E-state index in [-0.39, 0.29) is 14.9 Å². The van der Waals surface area contributed by atoms with E-state index in [1.54, 1.807) is 19.1 Å². The maximum atomic E-state index is 13.1. The standard InChI is InChI=1S/C16H17Cl2N3O3S/c1-10-4-3-5-15(11(10)2)21(9-16(22)20-19)25(23,24)12-6-7-13(17)14(18)8-12/h3-8H,9,19H2,1-2H3,(H,20,22). The number of amides is 1. The Morgan fingerprint density at radius 3 is 2.44 bits per heavy atom. The van der Waals surface area contributed by atoms with Crippen molar-refractivity contribution in [1.29, 1.82) is 0 Å². The summed E-state index contributed by atoms with van der Waals surface area (Å²) in [4.78, 5) is 11.7. The lowest BCUT2D eigenvalue weighted by atomic mass is 10.1. The van der Waals surface area contributed by atoms with Crippen LogP contribution >= 0.6 is 23.2 Å². The summed E-state index contributed by atoms with van der Waals surface area (Å²) >= 11 is 11.8. The van der Waals surface area contributed by atoms with Crippen LogP contribution in [-0.4, -0.2) is 20.9 Å². The number of nitrogens with zero attached hydrogens (tertiary/aromatic N) is 1. The van der Waals surface area contributed by atoms with E-state index < -0.39 is 22.5 Å². The minimum absolute atomic E-state index is 0.0763. The molecule has 134 valence electrons. The number of nitrogens with one attached hydrogen (secondary N) is 1. The third-order valence-electron chi connectivity index (χ3n) is 3.77. The van der Waals surface area contributed by atoms with Crippen molar-refractivity contribution < 1.29 is 13.2 Å². The second kappa shape index (κ2) is 7.61. The minimum atomic E-state index is -4.06. The Morgan fingerprint density at radius 2 is 1.84 bits per heavy atom. The van der Waals surface area contributed by atoms with Crippen molar-refractivity contribution in [3.05, 3.63) is 57.6 Å². The molecule has 9 heteroatoms. The lowest BCUT2D eigenvalue weighted by molar-refractivity contribution is -0.119. The highest BCUT2D eigenvalue weighted by atomic mass is 35.5. The molecule has 3 N–H and O–H groups in total. The number of hydrogen-bond donors (Lipinski definition) is 2. The van der Waals surface area contributed by atoms with Crippen LogP contribution in [-0.2, 0) is 14.8 Å². The molecule has 0 radical (unpaired) electrons. The lowest BCUT2D eigenvalue weighted by Gasteiger charge is -2.26. The molecule has 0 aliphatic carbocycles. The molecule has 0 aliphatic heterocycles. The molecule has 0 fully saturated rings. The third kappa shape index (κ3) is 4.07. The van der Waals surface area contributed by atoms with Crippen molar-refractivity contribution >= 4 is 44.8 Å². The summed E-state index contributed by atoms with van der Waals surface area (Å²) in [5.41, 5.74) is 3.96. The summed E-state index contributed by atoms with van der Waals surface area (Å²) < 4.78 is 27.2. The zero-order valence-electron chi connectivity index (χ0n) is 13.6. The van der Waals surface area contributed by atoms with Crippen LogP contribution in [0.25, 0.3) is 0 Å². The van der Waals surface area contributed by atoms with E-state index in [0.29, 0.717) is 5.69 Å². The molecule has 0 saturated heterocycles. The van der Waals surface area contributed by atoms with Gasteiger partial charge in [0.15, 0.2) is 0 Å². The summed E-state index contributed by atoms with van der Waals surface area (Å²) in [6.45, 7) is 3.16. The number of aryl methyl sites for hydroxylation is 1. The summed E-state index contributed by atoms with van der Waals surface area (Å²) in [7, 11) is -4.06. The molecule has 0 bridgehead atoms. The van der Waals surface area contributed by atoms with Crippen LogP contribution < -0.4 is 15.6 Å². The number of benzene rings is 2. The van der Waals surface area contributed by atoms with E-state index in [0.717, 1.165) is 15.4 Å². The van der Waals surface area contributed by atoms with Gasteiger partial charge in [0.25, 0.3) is 15.9 Å². The fraction of sp³-hybridized carbons (Fsp3) is 0.188. The van der Waals surface area contributed by atoms with Gasteiger partial charge in [0.2, 0.25) is 0 Å². The largest absolute Gasteiger partial charge is 0.293 e. The SMILES string of the molecule is Cc1cccc(N(CC(=O)NN)S(=O)(=O)c2ccc(Cl)c(Cl)c2)c1C. The first-order chi connectivity index (χ1) is 11.7. The normalized spacial score (nSPS) is 11.2. The zero-order chi connectivity index (χ0) is 18.8. The number of hydrazine groups is 1. The molecule has 0 spiro atoms. The van der Waals surface area contributed by atoms with E-state index >= 15 is 0 Å². The molecule has 0 aromatic heterocycles. The maximum Gasteiger partial charge on any atom is 0.264 e. The summed E-state index contributed by atoms with van der Waals surface area (Å²) in [5, 5.41) is 0.338. The monoisotopic (exact) mass is 401 g/mol. The highest BCUT2D eigenvalue weighted by Crippen LogP contribution is 2.31. The van der Waals surface area contributed by atoms with Gasteiger partial charge in [-0.2, -0.15) is 0 Å². The number of nitrogens with two attached hydrogens (primary N) is 1. The lowest BCUT2D eigenvalue weighted by Crippen LogP contribution is -2.43. The average molecular weight is 402 g/mol. The zero-order valence-corrected chi connectivity index (χ0v) is 15.9. The number of carbonyl (C=O) groups excluding carboxylic acids is 1. The van der Waals surface area contributed by atoms with Gasteiger partial charge in [-0.15, -0.1) is 0 Å². The van der Waals surface area contributed by atoms with Crippen molar-refractivity contribution in [2.45, 2.75) is 18.7 Å². The van der Waals surface area contributed by atoms with Crippen molar-refractivity contribution in [3.63, 3.8) is 0 Å². The van der Waals surface area contributed by atoms with Crippen molar-refractivity contribution in [2.24, 2.45) is 5.84 Å². The van der Waals surface area contributed by atoms with Crippen LogP contribution in [0.5, 0.6) is 0 Å². The molecule has 6 nitrogen and oxygen atoms in total. The molecule has 0 atom stereocenters. The van der Waals surface area contributed by atoms with Gasteiger partial charge in [-0.1, -0.05) is 35.3 Å². The molecule has 0 saturated carbocycles. The molecule has 2 aromatic rings. The van der Waals surface area contributed by atoms with E-state index in [4.69, 9.17) is 29.0 Å². The molecule has 25 heavy (non-hydrogen) atoms. The smallest absolute Gasteiger partial charge is 0.264 e. The van der Waals surface area contributed by atoms with Gasteiger partial charge >= 0.3 is 0 Å². The van der Waals surface area contributed by atoms with Gasteiger partial charge in [-0.25, -0.2) is 14.3 Å². The van der Waals surface area contributed by atoms with Gasteiger partial charge < -0.3 is 0 Å². The predicted molar refractivity (Wildman–Crippen MR) is 99.2 cm³/mol. The topological polar surface area (TPSA) is 92.5 Å². The van der Waals surface area contributed by atoms with E-state index in [1.807, 2.05) is 18.4 Å². The quantitative estimate of drug-likeness (QED) is 0.457. The number of carbonyl (C=O) groups is 1. The molecule has 0 unspecified atom stereocenters. The number of sulfonamides is 1. The Morgan fingerprint density at radius 1 is 1.16 bits per heavy atom. The van der Waals surface area contributed by atoms with E-state index in [9.17, 15) is 13.2 Å². The first-order valence-electron chi connectivity index (χ1n) is 7.22. The van der Waals surface area contributed by atoms with Crippen LogP contribution in [0.4, 0.5) is 5.69 Å². The number of hydrogen-bond acceptors (Lipinski definition) is 4. The third-order valence-corrected chi connectivity index (χ3v) is 6.27. The van der Waals surface area contributed by atoms with Crippen LogP contribution in [0.2, 0.25) is 10.0 Å². The Kier molecular flexibility index (Phi) is 5.95. The second-order valence-electron chi connectivity index (χ2n) is 5.37. The molecule has 0 aliphatic rings. The van der Waals surface area contributed by atoms with Crippen molar-refractivity contribution in [2.75, 3.05) is 10.8 Å².